The van der Waals surface area contributed by atoms with Crippen LogP contribution >= 0.6 is 0 Å². The SMILES string of the molecule is COc1cc(OC)cc(-c2nn(-c3cc(N4CCC(O)C4)ccc3C(F)(F)F)c(=O)c3c2CCN3CC(=O)O)c1. The summed E-state index contributed by atoms with van der Waals surface area (Å²) in [7, 11) is 2.89. The number of aliphatic carboxylic acids is 1. The Balaban J connectivity index is 1.80. The lowest BCUT2D eigenvalue weighted by Crippen LogP contribution is -2.35. The Morgan fingerprint density at radius 2 is 1.80 bits per heavy atom. The molecule has 1 fully saturated rings. The van der Waals surface area contributed by atoms with Crippen molar-refractivity contribution in [1.82, 2.24) is 9.78 Å². The van der Waals surface area contributed by atoms with Gasteiger partial charge in [-0.1, -0.05) is 0 Å². The van der Waals surface area contributed by atoms with Crippen LogP contribution in [0.1, 0.15) is 17.5 Å². The number of hydrogen-bond acceptors (Lipinski definition) is 8. The molecule has 0 bridgehead atoms. The van der Waals surface area contributed by atoms with E-state index in [1.54, 1.807) is 23.1 Å². The Bertz CT molecular complexity index is 1500. The van der Waals surface area contributed by atoms with Crippen LogP contribution in [-0.2, 0) is 17.4 Å². The first-order chi connectivity index (χ1) is 19.0. The van der Waals surface area contributed by atoms with Gasteiger partial charge in [-0.05, 0) is 43.2 Å². The van der Waals surface area contributed by atoms with Gasteiger partial charge in [0.25, 0.3) is 5.56 Å². The van der Waals surface area contributed by atoms with Gasteiger partial charge < -0.3 is 29.5 Å². The molecule has 40 heavy (non-hydrogen) atoms. The zero-order chi connectivity index (χ0) is 28.8. The van der Waals surface area contributed by atoms with Crippen LogP contribution in [0, 0.1) is 0 Å². The van der Waals surface area contributed by atoms with Gasteiger partial charge in [-0.15, -0.1) is 0 Å². The number of aromatic nitrogens is 2. The molecule has 1 atom stereocenters. The Kier molecular flexibility index (Phi) is 7.08. The number of carbonyl (C=O) groups is 1. The van der Waals surface area contributed by atoms with Crippen LogP contribution in [0.15, 0.2) is 41.2 Å². The number of benzene rings is 2. The first kappa shape index (κ1) is 27.3. The highest BCUT2D eigenvalue weighted by atomic mass is 19.4. The molecule has 0 spiro atoms. The second kappa shape index (κ2) is 10.4. The quantitative estimate of drug-likeness (QED) is 0.450. The number of aliphatic hydroxyl groups excluding tert-OH is 1. The Labute approximate surface area is 226 Å². The van der Waals surface area contributed by atoms with Crippen molar-refractivity contribution in [3.05, 3.63) is 57.9 Å². The van der Waals surface area contributed by atoms with E-state index < -0.39 is 41.6 Å². The van der Waals surface area contributed by atoms with Gasteiger partial charge in [-0.25, -0.2) is 0 Å². The average molecular weight is 561 g/mol. The van der Waals surface area contributed by atoms with E-state index in [1.165, 1.54) is 31.3 Å². The normalized spacial score (nSPS) is 16.8. The molecule has 10 nitrogen and oxygen atoms in total. The number of β-amino-alcohol motifs (C(OH)–C–C–N with tert-alkyl or cyclic N) is 1. The molecule has 13 heteroatoms. The minimum atomic E-state index is -4.82. The Morgan fingerprint density at radius 3 is 2.38 bits per heavy atom. The van der Waals surface area contributed by atoms with Crippen molar-refractivity contribution in [3.63, 3.8) is 0 Å². The molecule has 2 aliphatic rings. The van der Waals surface area contributed by atoms with Gasteiger partial charge in [0.15, 0.2) is 0 Å². The van der Waals surface area contributed by atoms with Crippen LogP contribution < -0.4 is 24.8 Å². The number of methoxy groups -OCH3 is 2. The molecule has 5 rings (SSSR count). The summed E-state index contributed by atoms with van der Waals surface area (Å²) in [6.07, 6.45) is -4.72. The average Bonchev–Trinajstić information content (AvgIpc) is 3.54. The lowest BCUT2D eigenvalue weighted by molar-refractivity contribution is -0.137. The van der Waals surface area contributed by atoms with Crippen molar-refractivity contribution in [1.29, 1.82) is 0 Å². The number of anilines is 2. The molecule has 1 unspecified atom stereocenters. The maximum atomic E-state index is 14.3. The molecule has 3 aromatic rings. The lowest BCUT2D eigenvalue weighted by atomic mass is 10.0. The van der Waals surface area contributed by atoms with Gasteiger partial charge >= 0.3 is 12.1 Å². The molecule has 3 heterocycles. The number of aliphatic hydroxyl groups is 1. The standard InChI is InChI=1S/C27H27F3N4O6/c1-39-18-9-15(10-19(12-18)40-2)24-20-6-8-33(14-23(36)37)25(20)26(38)34(31-24)22-11-16(32-7-5-17(35)13-32)3-4-21(22)27(28,29)30/h3-4,9-12,17,35H,5-8,13-14H2,1-2H3,(H,36,37). The van der Waals surface area contributed by atoms with Gasteiger partial charge in [-0.2, -0.15) is 23.0 Å². The third kappa shape index (κ3) is 5.04. The summed E-state index contributed by atoms with van der Waals surface area (Å²) >= 11 is 0. The fourth-order valence-corrected chi connectivity index (χ4v) is 5.24. The van der Waals surface area contributed by atoms with E-state index in [4.69, 9.17) is 9.47 Å². The van der Waals surface area contributed by atoms with Crippen LogP contribution in [0.3, 0.4) is 0 Å². The summed E-state index contributed by atoms with van der Waals surface area (Å²) in [6.45, 7) is 0.331. The van der Waals surface area contributed by atoms with Crippen LogP contribution in [0.25, 0.3) is 16.9 Å². The predicted molar refractivity (Wildman–Crippen MR) is 140 cm³/mol. The van der Waals surface area contributed by atoms with E-state index in [0.29, 0.717) is 46.0 Å². The van der Waals surface area contributed by atoms with Crippen molar-refractivity contribution >= 4 is 17.3 Å². The largest absolute Gasteiger partial charge is 0.497 e. The highest BCUT2D eigenvalue weighted by Gasteiger charge is 2.37. The molecule has 2 N–H and O–H groups in total. The fraction of sp³-hybridized carbons (Fsp3) is 0.370. The molecular weight excluding hydrogens is 533 g/mol. The van der Waals surface area contributed by atoms with Crippen LogP contribution in [0.4, 0.5) is 24.5 Å². The van der Waals surface area contributed by atoms with Crippen molar-refractivity contribution in [2.24, 2.45) is 0 Å². The molecule has 2 aliphatic heterocycles. The van der Waals surface area contributed by atoms with Crippen molar-refractivity contribution in [2.75, 3.05) is 50.2 Å². The van der Waals surface area contributed by atoms with E-state index in [2.05, 4.69) is 5.10 Å². The number of rotatable bonds is 7. The predicted octanol–water partition coefficient (Wildman–Crippen LogP) is 2.95. The number of ether oxygens (including phenoxy) is 2. The summed E-state index contributed by atoms with van der Waals surface area (Å²) in [5, 5.41) is 23.9. The van der Waals surface area contributed by atoms with Crippen LogP contribution in [-0.4, -0.2) is 72.5 Å². The molecule has 0 saturated carbocycles. The van der Waals surface area contributed by atoms with E-state index in [1.807, 2.05) is 0 Å². The second-order valence-electron chi connectivity index (χ2n) is 9.65. The molecule has 212 valence electrons. The van der Waals surface area contributed by atoms with E-state index in [0.717, 1.165) is 6.07 Å². The van der Waals surface area contributed by atoms with Gasteiger partial charge in [-0.3, -0.25) is 9.59 Å². The maximum absolute atomic E-state index is 14.3. The number of fused-ring (bicyclic) bond motifs is 1. The minimum Gasteiger partial charge on any atom is -0.497 e. The maximum Gasteiger partial charge on any atom is 0.418 e. The second-order valence-corrected chi connectivity index (χ2v) is 9.65. The summed E-state index contributed by atoms with van der Waals surface area (Å²) in [4.78, 5) is 28.5. The molecule has 0 aliphatic carbocycles. The summed E-state index contributed by atoms with van der Waals surface area (Å²) < 4.78 is 54.2. The topological polar surface area (TPSA) is 117 Å². The van der Waals surface area contributed by atoms with Crippen LogP contribution in [0.2, 0.25) is 0 Å². The molecule has 0 amide bonds. The minimum absolute atomic E-state index is 0.0238. The number of halogens is 3. The third-order valence-electron chi connectivity index (χ3n) is 7.11. The highest BCUT2D eigenvalue weighted by molar-refractivity contribution is 5.79. The number of carboxylic acids is 1. The zero-order valence-corrected chi connectivity index (χ0v) is 21.7. The smallest absolute Gasteiger partial charge is 0.418 e. The first-order valence-corrected chi connectivity index (χ1v) is 12.5. The van der Waals surface area contributed by atoms with Gasteiger partial charge in [0.05, 0.1) is 37.3 Å². The first-order valence-electron chi connectivity index (χ1n) is 12.5. The summed E-state index contributed by atoms with van der Waals surface area (Å²) in [5.74, 6) is -0.395. The number of carboxylic acid groups (broad SMARTS) is 1. The summed E-state index contributed by atoms with van der Waals surface area (Å²) in [6, 6.07) is 8.27. The fourth-order valence-electron chi connectivity index (χ4n) is 5.24. The van der Waals surface area contributed by atoms with Crippen molar-refractivity contribution < 1.29 is 37.7 Å². The summed E-state index contributed by atoms with van der Waals surface area (Å²) in [5.41, 5.74) is -1.03. The molecule has 2 aromatic carbocycles. The van der Waals surface area contributed by atoms with Gasteiger partial charge in [0, 0.05) is 42.5 Å². The van der Waals surface area contributed by atoms with Gasteiger partial charge in [0.1, 0.15) is 23.7 Å². The molecule has 1 saturated heterocycles. The number of hydrogen-bond donors (Lipinski definition) is 2. The number of alkyl halides is 3. The molecule has 0 radical (unpaired) electrons. The van der Waals surface area contributed by atoms with Gasteiger partial charge in [0.2, 0.25) is 0 Å². The molecule has 1 aromatic heterocycles. The van der Waals surface area contributed by atoms with E-state index in [9.17, 15) is 33.0 Å². The van der Waals surface area contributed by atoms with Crippen molar-refractivity contribution in [2.45, 2.75) is 25.1 Å². The monoisotopic (exact) mass is 560 g/mol. The van der Waals surface area contributed by atoms with E-state index in [-0.39, 0.29) is 30.9 Å². The van der Waals surface area contributed by atoms with Crippen LogP contribution in [0.5, 0.6) is 11.5 Å². The number of nitrogens with zero attached hydrogens (tertiary/aromatic N) is 4. The zero-order valence-electron chi connectivity index (χ0n) is 21.7. The molecular formula is C27H27F3N4O6. The van der Waals surface area contributed by atoms with E-state index >= 15 is 0 Å². The lowest BCUT2D eigenvalue weighted by Gasteiger charge is -2.23. The Morgan fingerprint density at radius 1 is 1.10 bits per heavy atom. The third-order valence-corrected chi connectivity index (χ3v) is 7.11. The van der Waals surface area contributed by atoms with Crippen molar-refractivity contribution in [3.8, 4) is 28.4 Å². The highest BCUT2D eigenvalue weighted by Crippen LogP contribution is 2.39. The Hall–Kier alpha value is -4.26.